The third-order valence-corrected chi connectivity index (χ3v) is 8.60. The van der Waals surface area contributed by atoms with E-state index in [0.29, 0.717) is 6.67 Å². The number of benzene rings is 2. The molecule has 36 heavy (non-hydrogen) atoms. The summed E-state index contributed by atoms with van der Waals surface area (Å²) in [6, 6.07) is 18.0. The molecule has 3 aliphatic rings. The summed E-state index contributed by atoms with van der Waals surface area (Å²) in [4.78, 5) is 31.5. The number of aromatic hydroxyl groups is 1. The Bertz CT molecular complexity index is 1310. The Morgan fingerprint density at radius 1 is 0.944 bits per heavy atom. The van der Waals surface area contributed by atoms with Gasteiger partial charge in [0.15, 0.2) is 11.4 Å². The van der Waals surface area contributed by atoms with Gasteiger partial charge in [0.2, 0.25) is 5.43 Å². The number of halogens is 1. The van der Waals surface area contributed by atoms with Crippen LogP contribution >= 0.6 is 24.2 Å². The van der Waals surface area contributed by atoms with Gasteiger partial charge >= 0.3 is 0 Å². The van der Waals surface area contributed by atoms with Gasteiger partial charge in [-0.3, -0.25) is 19.3 Å². The van der Waals surface area contributed by atoms with Crippen LogP contribution < -0.4 is 10.4 Å². The first-order chi connectivity index (χ1) is 17.0. The molecule has 1 unspecified atom stereocenters. The number of aromatic nitrogens is 1. The molecule has 4 heterocycles. The van der Waals surface area contributed by atoms with E-state index in [1.807, 2.05) is 22.7 Å². The zero-order valence-electron chi connectivity index (χ0n) is 20.0. The lowest BCUT2D eigenvalue weighted by Gasteiger charge is -2.47. The second kappa shape index (κ2) is 9.84. The van der Waals surface area contributed by atoms with Gasteiger partial charge in [-0.25, -0.2) is 0 Å². The van der Waals surface area contributed by atoms with Gasteiger partial charge < -0.3 is 14.9 Å². The van der Waals surface area contributed by atoms with E-state index in [-0.39, 0.29) is 36.1 Å². The van der Waals surface area contributed by atoms with Crippen molar-refractivity contribution in [1.29, 1.82) is 0 Å². The standard InChI is InChI=1S/C27H28N4O3S.ClH/c1-28-13-10-19(11-14-28)29-17-31(30-15-12-22(32)26(33)25(30)27(29)34)24-20-7-3-2-6-18(20)16-35-23-9-5-4-8-21(23)24;/h2-9,12,15,19,24,33H,10-11,13-14,16-17H2,1H3;1H. The number of carbonyl (C=O) groups is 1. The van der Waals surface area contributed by atoms with Crippen LogP contribution in [0.2, 0.25) is 0 Å². The molecule has 0 aliphatic carbocycles. The lowest BCUT2D eigenvalue weighted by Crippen LogP contribution is -2.59. The fourth-order valence-corrected chi connectivity index (χ4v) is 6.66. The van der Waals surface area contributed by atoms with Crippen LogP contribution in [0.4, 0.5) is 0 Å². The number of fused-ring (bicyclic) bond motifs is 3. The minimum atomic E-state index is -0.535. The first-order valence-corrected chi connectivity index (χ1v) is 13.0. The SMILES string of the molecule is CN1CCC(N2CN(C3c4ccccc4CSc4ccccc43)n3ccc(=O)c(O)c3C2=O)CC1.Cl. The monoisotopic (exact) mass is 524 g/mol. The van der Waals surface area contributed by atoms with Crippen LogP contribution in [0.15, 0.2) is 70.5 Å². The van der Waals surface area contributed by atoms with Crippen molar-refractivity contribution < 1.29 is 9.90 Å². The summed E-state index contributed by atoms with van der Waals surface area (Å²) >= 11 is 1.82. The fraction of sp³-hybridized carbons (Fsp3) is 0.333. The quantitative estimate of drug-likeness (QED) is 0.550. The van der Waals surface area contributed by atoms with Crippen molar-refractivity contribution in [1.82, 2.24) is 14.5 Å². The number of nitrogens with zero attached hydrogens (tertiary/aromatic N) is 4. The molecule has 188 valence electrons. The van der Waals surface area contributed by atoms with Gasteiger partial charge in [0.05, 0.1) is 6.04 Å². The van der Waals surface area contributed by atoms with Crippen LogP contribution in [-0.2, 0) is 5.75 Å². The zero-order valence-corrected chi connectivity index (χ0v) is 21.7. The Morgan fingerprint density at radius 2 is 1.64 bits per heavy atom. The van der Waals surface area contributed by atoms with Crippen LogP contribution in [-0.4, -0.2) is 58.3 Å². The Morgan fingerprint density at radius 3 is 2.42 bits per heavy atom. The number of likely N-dealkylation sites (tertiary alicyclic amines) is 1. The summed E-state index contributed by atoms with van der Waals surface area (Å²) in [6.45, 7) is 2.20. The zero-order chi connectivity index (χ0) is 24.1. The van der Waals surface area contributed by atoms with E-state index in [2.05, 4.69) is 59.4 Å². The predicted molar refractivity (Wildman–Crippen MR) is 144 cm³/mol. The van der Waals surface area contributed by atoms with Gasteiger partial charge in [-0.2, -0.15) is 0 Å². The van der Waals surface area contributed by atoms with Crippen molar-refractivity contribution in [3.63, 3.8) is 0 Å². The van der Waals surface area contributed by atoms with E-state index >= 15 is 0 Å². The highest BCUT2D eigenvalue weighted by molar-refractivity contribution is 7.98. The van der Waals surface area contributed by atoms with Gasteiger partial charge in [-0.05, 0) is 55.7 Å². The third-order valence-electron chi connectivity index (χ3n) is 7.46. The highest BCUT2D eigenvalue weighted by Crippen LogP contribution is 2.43. The van der Waals surface area contributed by atoms with Gasteiger partial charge in [0, 0.05) is 29.0 Å². The van der Waals surface area contributed by atoms with Gasteiger partial charge in [0.1, 0.15) is 6.67 Å². The molecule has 1 amide bonds. The maximum Gasteiger partial charge on any atom is 0.278 e. The minimum absolute atomic E-state index is 0. The number of amides is 1. The van der Waals surface area contributed by atoms with E-state index in [4.69, 9.17) is 0 Å². The van der Waals surface area contributed by atoms with Crippen LogP contribution in [0.5, 0.6) is 5.75 Å². The molecular formula is C27H29ClN4O3S. The highest BCUT2D eigenvalue weighted by Gasteiger charge is 2.41. The number of piperidine rings is 1. The summed E-state index contributed by atoms with van der Waals surface area (Å²) < 4.78 is 1.71. The summed E-state index contributed by atoms with van der Waals surface area (Å²) in [7, 11) is 2.10. The largest absolute Gasteiger partial charge is 0.502 e. The van der Waals surface area contributed by atoms with Gasteiger partial charge in [0.25, 0.3) is 5.91 Å². The molecule has 6 rings (SSSR count). The number of hydrogen-bond donors (Lipinski definition) is 1. The van der Waals surface area contributed by atoms with E-state index in [1.165, 1.54) is 22.1 Å². The minimum Gasteiger partial charge on any atom is -0.502 e. The molecule has 7 nitrogen and oxygen atoms in total. The molecule has 0 saturated carbocycles. The normalized spacial score (nSPS) is 20.1. The summed E-state index contributed by atoms with van der Waals surface area (Å²) in [5, 5.41) is 13.0. The van der Waals surface area contributed by atoms with Crippen molar-refractivity contribution in [2.75, 3.05) is 31.8 Å². The molecule has 1 N–H and O–H groups in total. The summed E-state index contributed by atoms with van der Waals surface area (Å²) in [5.41, 5.74) is 3.09. The lowest BCUT2D eigenvalue weighted by atomic mass is 9.94. The average Bonchev–Trinajstić information content (AvgIpc) is 3.04. The van der Waals surface area contributed by atoms with Crippen molar-refractivity contribution in [2.45, 2.75) is 35.6 Å². The smallest absolute Gasteiger partial charge is 0.278 e. The van der Waals surface area contributed by atoms with Crippen LogP contribution in [0.1, 0.15) is 46.1 Å². The molecule has 3 aromatic rings. The molecular weight excluding hydrogens is 496 g/mol. The Hall–Kier alpha value is -2.94. The van der Waals surface area contributed by atoms with E-state index in [1.54, 1.807) is 10.9 Å². The number of hydrogen-bond acceptors (Lipinski definition) is 6. The van der Waals surface area contributed by atoms with E-state index < -0.39 is 11.2 Å². The first-order valence-electron chi connectivity index (χ1n) is 12.0. The molecule has 1 fully saturated rings. The predicted octanol–water partition coefficient (Wildman–Crippen LogP) is 3.82. The molecule has 1 saturated heterocycles. The Balaban J connectivity index is 0.00000267. The van der Waals surface area contributed by atoms with Gasteiger partial charge in [-0.1, -0.05) is 42.5 Å². The van der Waals surface area contributed by atoms with E-state index in [0.717, 1.165) is 37.2 Å². The molecule has 0 spiro atoms. The topological polar surface area (TPSA) is 69.0 Å². The number of carbonyl (C=O) groups excluding carboxylic acids is 1. The molecule has 9 heteroatoms. The number of thioether (sulfide) groups is 1. The lowest BCUT2D eigenvalue weighted by molar-refractivity contribution is 0.0496. The fourth-order valence-electron chi connectivity index (χ4n) is 5.56. The average molecular weight is 525 g/mol. The molecule has 0 radical (unpaired) electrons. The maximum absolute atomic E-state index is 13.7. The molecule has 1 atom stereocenters. The Labute approximate surface area is 220 Å². The first kappa shape index (κ1) is 24.7. The van der Waals surface area contributed by atoms with Crippen molar-refractivity contribution in [3.05, 3.63) is 93.4 Å². The molecule has 3 aliphatic heterocycles. The second-order valence-corrected chi connectivity index (χ2v) is 10.6. The van der Waals surface area contributed by atoms with Crippen molar-refractivity contribution in [2.24, 2.45) is 0 Å². The molecule has 1 aromatic heterocycles. The third kappa shape index (κ3) is 4.07. The van der Waals surface area contributed by atoms with E-state index in [9.17, 15) is 14.7 Å². The number of rotatable bonds is 2. The molecule has 2 aromatic carbocycles. The van der Waals surface area contributed by atoms with Gasteiger partial charge in [-0.15, -0.1) is 24.2 Å². The highest BCUT2D eigenvalue weighted by atomic mass is 35.5. The second-order valence-electron chi connectivity index (χ2n) is 9.54. The van der Waals surface area contributed by atoms with Crippen LogP contribution in [0, 0.1) is 0 Å². The maximum atomic E-state index is 13.7. The Kier molecular flexibility index (Phi) is 6.76. The summed E-state index contributed by atoms with van der Waals surface area (Å²) in [6.07, 6.45) is 3.35. The van der Waals surface area contributed by atoms with Crippen molar-refractivity contribution in [3.8, 4) is 5.75 Å². The number of pyridine rings is 1. The van der Waals surface area contributed by atoms with Crippen LogP contribution in [0.3, 0.4) is 0 Å². The molecule has 0 bridgehead atoms. The van der Waals surface area contributed by atoms with Crippen molar-refractivity contribution >= 4 is 30.1 Å². The van der Waals surface area contributed by atoms with Crippen LogP contribution in [0.25, 0.3) is 0 Å². The summed E-state index contributed by atoms with van der Waals surface area (Å²) in [5.74, 6) is 0.0949.